The van der Waals surface area contributed by atoms with E-state index in [0.717, 1.165) is 27.9 Å². The van der Waals surface area contributed by atoms with E-state index in [1.54, 1.807) is 0 Å². The molecule has 0 bridgehead atoms. The number of hydrogen-bond donors (Lipinski definition) is 1. The van der Waals surface area contributed by atoms with Crippen LogP contribution in [0.4, 0.5) is 0 Å². The molecule has 0 aromatic heterocycles. The summed E-state index contributed by atoms with van der Waals surface area (Å²) in [7, 11) is 1.00. The van der Waals surface area contributed by atoms with Crippen molar-refractivity contribution in [3.8, 4) is 0 Å². The minimum absolute atomic E-state index is 0. The first-order valence-corrected chi connectivity index (χ1v) is 3.17. The van der Waals surface area contributed by atoms with E-state index >= 15 is 0 Å². The van der Waals surface area contributed by atoms with Gasteiger partial charge in [0.2, 0.25) is 0 Å². The zero-order valence-corrected chi connectivity index (χ0v) is 11.2. The van der Waals surface area contributed by atoms with E-state index in [1.807, 2.05) is 0 Å². The van der Waals surface area contributed by atoms with E-state index in [9.17, 15) is 0 Å². The van der Waals surface area contributed by atoms with Crippen LogP contribution >= 0.6 is 0 Å². The van der Waals surface area contributed by atoms with Crippen LogP contribution in [0.3, 0.4) is 0 Å². The fourth-order valence-corrected chi connectivity index (χ4v) is 0. The Balaban J connectivity index is -0.0000000298. The van der Waals surface area contributed by atoms with E-state index < -0.39 is 17.9 Å². The molecule has 8 heteroatoms. The van der Waals surface area contributed by atoms with Crippen LogP contribution in [0.5, 0.6) is 0 Å². The van der Waals surface area contributed by atoms with Gasteiger partial charge in [-0.1, -0.05) is 0 Å². The topological polar surface area (TPSA) is 141 Å². The molecule has 0 aromatic rings. The predicted molar refractivity (Wildman–Crippen MR) is 40.2 cm³/mol. The third-order valence-electron chi connectivity index (χ3n) is 0. The van der Waals surface area contributed by atoms with E-state index in [1.165, 1.54) is 0 Å². The largest absolute Gasteiger partial charge is 3.00 e. The van der Waals surface area contributed by atoms with E-state index in [2.05, 4.69) is 0 Å². The SMILES string of the molecule is CC(=O)[O-].CC(=O)[O-].CC(=O)[O-].CO.[Eu+3]. The minimum Gasteiger partial charge on any atom is -0.550 e. The summed E-state index contributed by atoms with van der Waals surface area (Å²) in [6, 6.07) is 0. The van der Waals surface area contributed by atoms with Crippen LogP contribution < -0.4 is 15.3 Å². The Kier molecular flexibility index (Phi) is 57.2. The van der Waals surface area contributed by atoms with E-state index in [0.29, 0.717) is 0 Å². The van der Waals surface area contributed by atoms with Crippen LogP contribution in [0.25, 0.3) is 0 Å². The normalized spacial score (nSPS) is 5.40. The summed E-state index contributed by atoms with van der Waals surface area (Å²) in [5.74, 6) is -3.25. The second kappa shape index (κ2) is 29.2. The molecule has 90 valence electrons. The fraction of sp³-hybridized carbons (Fsp3) is 0.571. The van der Waals surface area contributed by atoms with Gasteiger partial charge in [-0.2, -0.15) is 0 Å². The summed E-state index contributed by atoms with van der Waals surface area (Å²) >= 11 is 0. The minimum atomic E-state index is -1.08. The summed E-state index contributed by atoms with van der Waals surface area (Å²) in [4.78, 5) is 26.7. The number of rotatable bonds is 0. The molecule has 0 unspecified atom stereocenters. The summed E-state index contributed by atoms with van der Waals surface area (Å²) in [6.45, 7) is 2.92. The smallest absolute Gasteiger partial charge is 0.550 e. The quantitative estimate of drug-likeness (QED) is 0.462. The Morgan fingerprint density at radius 1 is 0.733 bits per heavy atom. The second-order valence-electron chi connectivity index (χ2n) is 1.47. The van der Waals surface area contributed by atoms with Crippen molar-refractivity contribution < 1.29 is 84.2 Å². The first kappa shape index (κ1) is 29.4. The Hall–Kier alpha value is -0.0456. The molecule has 0 saturated heterocycles. The maximum absolute atomic E-state index is 8.89. The van der Waals surface area contributed by atoms with Crippen LogP contribution in [-0.4, -0.2) is 30.1 Å². The van der Waals surface area contributed by atoms with Crippen LogP contribution in [0.1, 0.15) is 20.8 Å². The van der Waals surface area contributed by atoms with E-state index in [-0.39, 0.29) is 49.4 Å². The van der Waals surface area contributed by atoms with Crippen molar-refractivity contribution in [3.05, 3.63) is 0 Å². The summed E-state index contributed by atoms with van der Waals surface area (Å²) in [5.41, 5.74) is 0. The first-order valence-electron chi connectivity index (χ1n) is 3.17. The molecule has 0 amide bonds. The van der Waals surface area contributed by atoms with Gasteiger partial charge in [-0.05, 0) is 20.8 Å². The molecule has 0 aromatic carbocycles. The van der Waals surface area contributed by atoms with Crippen molar-refractivity contribution >= 4 is 17.9 Å². The van der Waals surface area contributed by atoms with Gasteiger partial charge in [0.15, 0.2) is 0 Å². The third kappa shape index (κ3) is 960000. The number of aliphatic hydroxyl groups is 1. The molecule has 15 heavy (non-hydrogen) atoms. The van der Waals surface area contributed by atoms with Crippen molar-refractivity contribution in [1.82, 2.24) is 0 Å². The van der Waals surface area contributed by atoms with Gasteiger partial charge in [0.25, 0.3) is 0 Å². The van der Waals surface area contributed by atoms with Crippen molar-refractivity contribution in [3.63, 3.8) is 0 Å². The number of aliphatic hydroxyl groups excluding tert-OH is 1. The zero-order chi connectivity index (χ0) is 12.7. The average Bonchev–Trinajstić information content (AvgIpc) is 1.86. The Bertz CT molecular complexity index is 117. The van der Waals surface area contributed by atoms with Crippen LogP contribution in [0.2, 0.25) is 0 Å². The molecule has 0 aliphatic rings. The van der Waals surface area contributed by atoms with Crippen molar-refractivity contribution in [2.75, 3.05) is 7.11 Å². The van der Waals surface area contributed by atoms with Gasteiger partial charge in [0, 0.05) is 25.0 Å². The van der Waals surface area contributed by atoms with Gasteiger partial charge in [-0.25, -0.2) is 0 Å². The summed E-state index contributed by atoms with van der Waals surface area (Å²) < 4.78 is 0. The third-order valence-corrected chi connectivity index (χ3v) is 0. The molecule has 0 rings (SSSR count). The summed E-state index contributed by atoms with van der Waals surface area (Å²) in [6.07, 6.45) is 0. The molecule has 1 N–H and O–H groups in total. The molecule has 0 atom stereocenters. The van der Waals surface area contributed by atoms with Gasteiger partial charge in [0.1, 0.15) is 0 Å². The maximum atomic E-state index is 8.89. The average molecular weight is 361 g/mol. The molecule has 0 saturated carbocycles. The number of carbonyl (C=O) groups excluding carboxylic acids is 3. The second-order valence-corrected chi connectivity index (χ2v) is 1.47. The molecular weight excluding hydrogens is 348 g/mol. The number of carboxylic acids is 3. The molecule has 0 fully saturated rings. The van der Waals surface area contributed by atoms with Crippen molar-refractivity contribution in [2.45, 2.75) is 20.8 Å². The predicted octanol–water partition coefficient (Wildman–Crippen LogP) is -4.12. The van der Waals surface area contributed by atoms with Gasteiger partial charge < -0.3 is 34.8 Å². The van der Waals surface area contributed by atoms with Gasteiger partial charge in [-0.15, -0.1) is 0 Å². The van der Waals surface area contributed by atoms with Gasteiger partial charge in [0.05, 0.1) is 0 Å². The van der Waals surface area contributed by atoms with Crippen LogP contribution in [0, 0.1) is 49.4 Å². The zero-order valence-electron chi connectivity index (χ0n) is 8.77. The van der Waals surface area contributed by atoms with Gasteiger partial charge >= 0.3 is 49.4 Å². The molecule has 0 aliphatic carbocycles. The monoisotopic (exact) mass is 362 g/mol. The Morgan fingerprint density at radius 3 is 0.733 bits per heavy atom. The number of carboxylic acid groups (broad SMARTS) is 3. The van der Waals surface area contributed by atoms with E-state index in [4.69, 9.17) is 34.8 Å². The van der Waals surface area contributed by atoms with Gasteiger partial charge in [-0.3, -0.25) is 0 Å². The molecule has 0 aliphatic heterocycles. The van der Waals surface area contributed by atoms with Crippen molar-refractivity contribution in [2.24, 2.45) is 0 Å². The fourth-order valence-electron chi connectivity index (χ4n) is 0. The molecule has 0 radical (unpaired) electrons. The molecule has 7 nitrogen and oxygen atoms in total. The van der Waals surface area contributed by atoms with Crippen molar-refractivity contribution in [1.29, 1.82) is 0 Å². The molecule has 0 heterocycles. The number of hydrogen-bond acceptors (Lipinski definition) is 7. The van der Waals surface area contributed by atoms with Crippen LogP contribution in [-0.2, 0) is 14.4 Å². The first-order chi connectivity index (χ1) is 6.20. The Morgan fingerprint density at radius 2 is 0.733 bits per heavy atom. The standard InChI is InChI=1S/3C2H4O2.CH4O.Eu/c3*1-2(3)4;1-2;/h3*1H3,(H,3,4);2H,1H3;/q;;;;+3/p-3. The van der Waals surface area contributed by atoms with Crippen LogP contribution in [0.15, 0.2) is 0 Å². The molecular formula is C7H13EuO7. The summed E-state index contributed by atoms with van der Waals surface area (Å²) in [5, 5.41) is 33.7. The number of carbonyl (C=O) groups is 3. The molecule has 0 spiro atoms. The Labute approximate surface area is 129 Å². The maximum Gasteiger partial charge on any atom is 3.00 e. The number of aliphatic carboxylic acids is 3.